The van der Waals surface area contributed by atoms with E-state index in [1.165, 1.54) is 12.3 Å². The van der Waals surface area contributed by atoms with Crippen molar-refractivity contribution in [2.45, 2.75) is 20.0 Å². The highest BCUT2D eigenvalue weighted by Crippen LogP contribution is 2.24. The number of aromatic nitrogens is 1. The molecule has 3 aromatic rings. The molecule has 0 aliphatic rings. The first-order valence-electron chi connectivity index (χ1n) is 10.2. The molecule has 2 aromatic carbocycles. The van der Waals surface area contributed by atoms with Crippen LogP contribution in [0.1, 0.15) is 16.1 Å². The standard InChI is InChI=1S/C23H25ClN4O4Si/c1-15-12-17(6-9-20(15)24)28-23(30)27-16-4-7-18(8-5-16)32-19-10-11-25-21(13-19)22(29)26-14-33(2,3)31/h4-13,31H,14H2,1-3H3,(H,26,29)(H2,27,28,30). The van der Waals surface area contributed by atoms with Crippen molar-refractivity contribution in [3.8, 4) is 11.5 Å². The van der Waals surface area contributed by atoms with Gasteiger partial charge in [-0.05, 0) is 74.1 Å². The van der Waals surface area contributed by atoms with Crippen molar-refractivity contribution < 1.29 is 19.1 Å². The van der Waals surface area contributed by atoms with Gasteiger partial charge >= 0.3 is 6.03 Å². The maximum absolute atomic E-state index is 12.2. The van der Waals surface area contributed by atoms with Crippen molar-refractivity contribution in [1.29, 1.82) is 0 Å². The van der Waals surface area contributed by atoms with E-state index < -0.39 is 8.32 Å². The van der Waals surface area contributed by atoms with Gasteiger partial charge in [-0.1, -0.05) is 11.6 Å². The monoisotopic (exact) mass is 484 g/mol. The number of carbonyl (C=O) groups excluding carboxylic acids is 2. The van der Waals surface area contributed by atoms with Crippen LogP contribution in [0.4, 0.5) is 16.2 Å². The van der Waals surface area contributed by atoms with Crippen LogP contribution in [0.3, 0.4) is 0 Å². The van der Waals surface area contributed by atoms with Crippen LogP contribution in [0.5, 0.6) is 11.5 Å². The average molecular weight is 485 g/mol. The second kappa shape index (κ2) is 10.5. The molecule has 0 spiro atoms. The van der Waals surface area contributed by atoms with E-state index in [1.807, 2.05) is 6.92 Å². The van der Waals surface area contributed by atoms with E-state index in [4.69, 9.17) is 16.3 Å². The Balaban J connectivity index is 1.57. The minimum atomic E-state index is -2.40. The highest BCUT2D eigenvalue weighted by atomic mass is 35.5. The van der Waals surface area contributed by atoms with E-state index in [-0.39, 0.29) is 23.8 Å². The lowest BCUT2D eigenvalue weighted by atomic mass is 10.2. The van der Waals surface area contributed by atoms with Crippen LogP contribution in [-0.4, -0.2) is 36.2 Å². The maximum Gasteiger partial charge on any atom is 0.323 e. The number of hydrogen-bond acceptors (Lipinski definition) is 5. The van der Waals surface area contributed by atoms with Crippen molar-refractivity contribution in [2.75, 3.05) is 16.8 Å². The summed E-state index contributed by atoms with van der Waals surface area (Å²) in [7, 11) is -2.40. The third kappa shape index (κ3) is 7.60. The van der Waals surface area contributed by atoms with E-state index in [9.17, 15) is 14.4 Å². The van der Waals surface area contributed by atoms with Gasteiger partial charge in [0, 0.05) is 34.8 Å². The quantitative estimate of drug-likeness (QED) is 0.354. The fraction of sp³-hybridized carbons (Fsp3) is 0.174. The topological polar surface area (TPSA) is 113 Å². The molecule has 0 radical (unpaired) electrons. The number of rotatable bonds is 7. The molecule has 1 aromatic heterocycles. The Hall–Kier alpha value is -3.40. The predicted octanol–water partition coefficient (Wildman–Crippen LogP) is 4.95. The van der Waals surface area contributed by atoms with Gasteiger partial charge in [-0.25, -0.2) is 4.79 Å². The van der Waals surface area contributed by atoms with Gasteiger partial charge in [0.05, 0.1) is 0 Å². The second-order valence-corrected chi connectivity index (χ2v) is 12.4. The average Bonchev–Trinajstić information content (AvgIpc) is 2.75. The highest BCUT2D eigenvalue weighted by Gasteiger charge is 2.19. The number of anilines is 2. The SMILES string of the molecule is Cc1cc(NC(=O)Nc2ccc(Oc3ccnc(C(=O)NC[Si](C)(C)O)c3)cc2)ccc1Cl. The third-order valence-corrected chi connectivity index (χ3v) is 5.88. The molecule has 3 rings (SSSR count). The molecule has 0 unspecified atom stereocenters. The largest absolute Gasteiger partial charge is 0.457 e. The molecule has 8 nitrogen and oxygen atoms in total. The van der Waals surface area contributed by atoms with Crippen LogP contribution in [0, 0.1) is 6.92 Å². The lowest BCUT2D eigenvalue weighted by Crippen LogP contribution is -2.42. The number of amides is 3. The first-order chi connectivity index (χ1) is 15.6. The number of nitrogens with zero attached hydrogens (tertiary/aromatic N) is 1. The van der Waals surface area contributed by atoms with Crippen molar-refractivity contribution in [1.82, 2.24) is 10.3 Å². The molecule has 10 heteroatoms. The molecule has 0 saturated carbocycles. The number of urea groups is 1. The van der Waals surface area contributed by atoms with Gasteiger partial charge in [0.25, 0.3) is 5.91 Å². The fourth-order valence-electron chi connectivity index (χ4n) is 2.74. The van der Waals surface area contributed by atoms with Gasteiger partial charge in [0.15, 0.2) is 0 Å². The van der Waals surface area contributed by atoms with E-state index >= 15 is 0 Å². The van der Waals surface area contributed by atoms with Gasteiger partial charge in [0.2, 0.25) is 8.32 Å². The Morgan fingerprint density at radius 1 is 1.00 bits per heavy atom. The minimum Gasteiger partial charge on any atom is -0.457 e. The van der Waals surface area contributed by atoms with Crippen molar-refractivity contribution >= 4 is 43.2 Å². The molecule has 0 bridgehead atoms. The molecular formula is C23H25ClN4O4Si. The zero-order valence-corrected chi connectivity index (χ0v) is 20.2. The van der Waals surface area contributed by atoms with Crippen molar-refractivity contribution in [3.63, 3.8) is 0 Å². The van der Waals surface area contributed by atoms with Crippen LogP contribution < -0.4 is 20.7 Å². The molecular weight excluding hydrogens is 460 g/mol. The summed E-state index contributed by atoms with van der Waals surface area (Å²) >= 11 is 6.00. The molecule has 33 heavy (non-hydrogen) atoms. The number of hydrogen-bond donors (Lipinski definition) is 4. The Bertz CT molecular complexity index is 1150. The maximum atomic E-state index is 12.2. The summed E-state index contributed by atoms with van der Waals surface area (Å²) < 4.78 is 5.79. The lowest BCUT2D eigenvalue weighted by Gasteiger charge is -2.14. The Morgan fingerprint density at radius 2 is 1.67 bits per heavy atom. The molecule has 3 amide bonds. The van der Waals surface area contributed by atoms with Gasteiger partial charge in [0.1, 0.15) is 17.2 Å². The van der Waals surface area contributed by atoms with Gasteiger partial charge < -0.3 is 25.5 Å². The summed E-state index contributed by atoms with van der Waals surface area (Å²) in [5.74, 6) is 0.583. The summed E-state index contributed by atoms with van der Waals surface area (Å²) in [5, 5.41) is 8.81. The van der Waals surface area contributed by atoms with E-state index in [1.54, 1.807) is 61.6 Å². The van der Waals surface area contributed by atoms with E-state index in [2.05, 4.69) is 20.9 Å². The van der Waals surface area contributed by atoms with Crippen molar-refractivity contribution in [3.05, 3.63) is 77.1 Å². The number of nitrogens with one attached hydrogen (secondary N) is 3. The summed E-state index contributed by atoms with van der Waals surface area (Å²) in [4.78, 5) is 38.4. The number of ether oxygens (including phenoxy) is 1. The molecule has 0 atom stereocenters. The molecule has 172 valence electrons. The molecule has 0 aliphatic heterocycles. The number of carbonyl (C=O) groups is 2. The molecule has 0 aliphatic carbocycles. The van der Waals surface area contributed by atoms with Crippen LogP contribution in [0.2, 0.25) is 18.1 Å². The van der Waals surface area contributed by atoms with E-state index in [0.29, 0.717) is 27.9 Å². The fourth-order valence-corrected chi connectivity index (χ4v) is 3.45. The van der Waals surface area contributed by atoms with Gasteiger partial charge in [-0.3, -0.25) is 9.78 Å². The van der Waals surface area contributed by atoms with Crippen LogP contribution in [0.15, 0.2) is 60.8 Å². The molecule has 0 saturated heterocycles. The number of pyridine rings is 1. The lowest BCUT2D eigenvalue weighted by molar-refractivity contribution is 0.0952. The first-order valence-corrected chi connectivity index (χ1v) is 13.7. The van der Waals surface area contributed by atoms with Gasteiger partial charge in [-0.15, -0.1) is 0 Å². The third-order valence-electron chi connectivity index (χ3n) is 4.41. The summed E-state index contributed by atoms with van der Waals surface area (Å²) in [6, 6.07) is 14.8. The van der Waals surface area contributed by atoms with Crippen LogP contribution in [0.25, 0.3) is 0 Å². The minimum absolute atomic E-state index is 0.193. The molecule has 4 N–H and O–H groups in total. The summed E-state index contributed by atoms with van der Waals surface area (Å²) in [5.41, 5.74) is 2.28. The number of halogens is 1. The highest BCUT2D eigenvalue weighted by molar-refractivity contribution is 6.70. The van der Waals surface area contributed by atoms with Crippen LogP contribution >= 0.6 is 11.6 Å². The number of aryl methyl sites for hydroxylation is 1. The smallest absolute Gasteiger partial charge is 0.323 e. The zero-order valence-electron chi connectivity index (χ0n) is 18.5. The van der Waals surface area contributed by atoms with Gasteiger partial charge in [-0.2, -0.15) is 0 Å². The second-order valence-electron chi connectivity index (χ2n) is 8.04. The number of benzene rings is 2. The Kier molecular flexibility index (Phi) is 7.70. The predicted molar refractivity (Wildman–Crippen MR) is 132 cm³/mol. The zero-order chi connectivity index (χ0) is 24.0. The van der Waals surface area contributed by atoms with Crippen molar-refractivity contribution in [2.24, 2.45) is 0 Å². The normalized spacial score (nSPS) is 10.9. The molecule has 1 heterocycles. The van der Waals surface area contributed by atoms with E-state index in [0.717, 1.165) is 5.56 Å². The summed E-state index contributed by atoms with van der Waals surface area (Å²) in [6.45, 7) is 5.34. The Labute approximate surface area is 198 Å². The summed E-state index contributed by atoms with van der Waals surface area (Å²) in [6.07, 6.45) is 1.71. The Morgan fingerprint density at radius 3 is 2.33 bits per heavy atom. The first kappa shape index (κ1) is 24.2. The molecule has 0 fully saturated rings. The van der Waals surface area contributed by atoms with Crippen LogP contribution in [-0.2, 0) is 0 Å².